The van der Waals surface area contributed by atoms with Gasteiger partial charge in [0.1, 0.15) is 0 Å². The Hall–Kier alpha value is -0.360. The van der Waals surface area contributed by atoms with E-state index in [2.05, 4.69) is 13.0 Å². The molecule has 0 aromatic rings. The molecule has 0 aromatic heterocycles. The van der Waals surface area contributed by atoms with Gasteiger partial charge in [-0.3, -0.25) is 4.21 Å². The van der Waals surface area contributed by atoms with Gasteiger partial charge in [-0.15, -0.1) is 0 Å². The summed E-state index contributed by atoms with van der Waals surface area (Å²) < 4.78 is 12.2. The second kappa shape index (κ2) is 6.27. The van der Waals surface area contributed by atoms with Crippen LogP contribution in [-0.2, 0) is 10.8 Å². The van der Waals surface area contributed by atoms with E-state index in [1.54, 1.807) is 0 Å². The second-order valence-electron chi connectivity index (χ2n) is 4.46. The van der Waals surface area contributed by atoms with Crippen molar-refractivity contribution in [2.75, 3.05) is 0 Å². The molecule has 2 nitrogen and oxygen atoms in total. The first-order chi connectivity index (χ1) is 7.20. The van der Waals surface area contributed by atoms with Crippen molar-refractivity contribution in [1.29, 1.82) is 5.26 Å². The van der Waals surface area contributed by atoms with Crippen molar-refractivity contribution < 1.29 is 4.21 Å². The molecule has 1 aliphatic rings. The van der Waals surface area contributed by atoms with E-state index in [0.717, 1.165) is 32.1 Å². The van der Waals surface area contributed by atoms with Crippen LogP contribution in [0.4, 0.5) is 0 Å². The van der Waals surface area contributed by atoms with E-state index < -0.39 is 10.8 Å². The lowest BCUT2D eigenvalue weighted by Crippen LogP contribution is -2.29. The standard InChI is InChI=1S/C12H21NOS/c1-3-10(2)15(14)12-8-6-4-5-7-11(12)9-13/h10-12H,3-8H2,1-2H3. The highest BCUT2D eigenvalue weighted by atomic mass is 32.2. The fourth-order valence-corrected chi connectivity index (χ4v) is 4.01. The van der Waals surface area contributed by atoms with Crippen molar-refractivity contribution in [2.45, 2.75) is 62.9 Å². The molecular formula is C12H21NOS. The summed E-state index contributed by atoms with van der Waals surface area (Å²) >= 11 is 0. The van der Waals surface area contributed by atoms with E-state index in [1.165, 1.54) is 6.42 Å². The summed E-state index contributed by atoms with van der Waals surface area (Å²) in [6.07, 6.45) is 6.35. The Balaban J connectivity index is 2.71. The lowest BCUT2D eigenvalue weighted by molar-refractivity contribution is 0.558. The summed E-state index contributed by atoms with van der Waals surface area (Å²) in [7, 11) is -0.815. The Morgan fingerprint density at radius 2 is 2.07 bits per heavy atom. The fraction of sp³-hybridized carbons (Fsp3) is 0.917. The van der Waals surface area contributed by atoms with Crippen LogP contribution in [0.2, 0.25) is 0 Å². The van der Waals surface area contributed by atoms with Crippen LogP contribution < -0.4 is 0 Å². The van der Waals surface area contributed by atoms with E-state index in [4.69, 9.17) is 5.26 Å². The lowest BCUT2D eigenvalue weighted by atomic mass is 10.0. The van der Waals surface area contributed by atoms with E-state index in [1.807, 2.05) is 6.92 Å². The topological polar surface area (TPSA) is 40.9 Å². The van der Waals surface area contributed by atoms with Gasteiger partial charge in [-0.2, -0.15) is 5.26 Å². The number of hydrogen-bond acceptors (Lipinski definition) is 2. The Morgan fingerprint density at radius 3 is 2.67 bits per heavy atom. The van der Waals surface area contributed by atoms with E-state index in [9.17, 15) is 4.21 Å². The number of rotatable bonds is 3. The maximum Gasteiger partial charge on any atom is 0.0668 e. The van der Waals surface area contributed by atoms with Gasteiger partial charge in [-0.05, 0) is 19.3 Å². The zero-order valence-corrected chi connectivity index (χ0v) is 10.6. The molecule has 0 radical (unpaired) electrons. The third-order valence-electron chi connectivity index (χ3n) is 3.39. The van der Waals surface area contributed by atoms with Crippen molar-refractivity contribution in [1.82, 2.24) is 0 Å². The lowest BCUT2D eigenvalue weighted by Gasteiger charge is -2.22. The van der Waals surface area contributed by atoms with Crippen LogP contribution in [0.3, 0.4) is 0 Å². The van der Waals surface area contributed by atoms with E-state index >= 15 is 0 Å². The van der Waals surface area contributed by atoms with Crippen LogP contribution in [0.25, 0.3) is 0 Å². The summed E-state index contributed by atoms with van der Waals surface area (Å²) in [6.45, 7) is 4.11. The van der Waals surface area contributed by atoms with Gasteiger partial charge in [0.15, 0.2) is 0 Å². The maximum atomic E-state index is 12.2. The van der Waals surface area contributed by atoms with Gasteiger partial charge < -0.3 is 0 Å². The Morgan fingerprint density at radius 1 is 1.40 bits per heavy atom. The predicted molar refractivity (Wildman–Crippen MR) is 63.9 cm³/mol. The highest BCUT2D eigenvalue weighted by molar-refractivity contribution is 7.86. The zero-order valence-electron chi connectivity index (χ0n) is 9.74. The summed E-state index contributed by atoms with van der Waals surface area (Å²) in [5.41, 5.74) is 0. The van der Waals surface area contributed by atoms with Gasteiger partial charge in [0.25, 0.3) is 0 Å². The van der Waals surface area contributed by atoms with Crippen molar-refractivity contribution in [3.05, 3.63) is 0 Å². The zero-order chi connectivity index (χ0) is 11.3. The molecule has 0 amide bonds. The van der Waals surface area contributed by atoms with Crippen LogP contribution in [0.15, 0.2) is 0 Å². The molecule has 0 saturated heterocycles. The van der Waals surface area contributed by atoms with Crippen LogP contribution >= 0.6 is 0 Å². The highest BCUT2D eigenvalue weighted by Crippen LogP contribution is 2.28. The first-order valence-corrected chi connectivity index (χ1v) is 7.27. The Labute approximate surface area is 95.5 Å². The molecule has 1 aliphatic carbocycles. The third-order valence-corrected chi connectivity index (χ3v) is 5.68. The minimum Gasteiger partial charge on any atom is -0.259 e. The maximum absolute atomic E-state index is 12.2. The molecule has 4 unspecified atom stereocenters. The Bertz CT molecular complexity index is 259. The molecule has 0 aromatic carbocycles. The first kappa shape index (κ1) is 12.7. The van der Waals surface area contributed by atoms with Gasteiger partial charge in [0.2, 0.25) is 0 Å². The molecule has 0 heterocycles. The van der Waals surface area contributed by atoms with Crippen LogP contribution in [-0.4, -0.2) is 14.7 Å². The average Bonchev–Trinajstić information content (AvgIpc) is 2.51. The monoisotopic (exact) mass is 227 g/mol. The van der Waals surface area contributed by atoms with Gasteiger partial charge in [-0.1, -0.05) is 33.1 Å². The quantitative estimate of drug-likeness (QED) is 0.695. The van der Waals surface area contributed by atoms with Crippen molar-refractivity contribution >= 4 is 10.8 Å². The molecule has 1 saturated carbocycles. The average molecular weight is 227 g/mol. The molecule has 1 rings (SSSR count). The smallest absolute Gasteiger partial charge is 0.0668 e. The molecule has 3 heteroatoms. The van der Waals surface area contributed by atoms with Crippen LogP contribution in [0.5, 0.6) is 0 Å². The van der Waals surface area contributed by atoms with Gasteiger partial charge in [-0.25, -0.2) is 0 Å². The minimum absolute atomic E-state index is 0.0299. The van der Waals surface area contributed by atoms with Gasteiger partial charge in [0, 0.05) is 16.0 Å². The summed E-state index contributed by atoms with van der Waals surface area (Å²) in [5.74, 6) is 0.0299. The Kier molecular flexibility index (Phi) is 5.31. The minimum atomic E-state index is -0.815. The van der Waals surface area contributed by atoms with Crippen molar-refractivity contribution in [3.8, 4) is 6.07 Å². The number of nitrogens with zero attached hydrogens (tertiary/aromatic N) is 1. The van der Waals surface area contributed by atoms with Gasteiger partial charge >= 0.3 is 0 Å². The molecule has 0 bridgehead atoms. The normalized spacial score (nSPS) is 31.3. The molecule has 4 atom stereocenters. The number of nitriles is 1. The summed E-state index contributed by atoms with van der Waals surface area (Å²) in [5, 5.41) is 9.48. The predicted octanol–water partition coefficient (Wildman–Crippen LogP) is 3.01. The third kappa shape index (κ3) is 3.31. The SMILES string of the molecule is CCC(C)S(=O)C1CCCCCC1C#N. The second-order valence-corrected chi connectivity index (χ2v) is 6.53. The van der Waals surface area contributed by atoms with E-state index in [-0.39, 0.29) is 16.4 Å². The molecule has 1 fully saturated rings. The fourth-order valence-electron chi connectivity index (χ4n) is 2.16. The molecule has 0 spiro atoms. The molecular weight excluding hydrogens is 206 g/mol. The van der Waals surface area contributed by atoms with Gasteiger partial charge in [0.05, 0.1) is 17.2 Å². The molecule has 15 heavy (non-hydrogen) atoms. The highest BCUT2D eigenvalue weighted by Gasteiger charge is 2.30. The summed E-state index contributed by atoms with van der Waals surface area (Å²) in [6, 6.07) is 2.36. The first-order valence-electron chi connectivity index (χ1n) is 5.99. The molecule has 86 valence electrons. The van der Waals surface area contributed by atoms with Crippen LogP contribution in [0, 0.1) is 17.2 Å². The van der Waals surface area contributed by atoms with Crippen LogP contribution in [0.1, 0.15) is 52.4 Å². The summed E-state index contributed by atoms with van der Waals surface area (Å²) in [4.78, 5) is 0. The van der Waals surface area contributed by atoms with Crippen molar-refractivity contribution in [2.24, 2.45) is 5.92 Å². The number of hydrogen-bond donors (Lipinski definition) is 0. The largest absolute Gasteiger partial charge is 0.259 e. The van der Waals surface area contributed by atoms with E-state index in [0.29, 0.717) is 0 Å². The van der Waals surface area contributed by atoms with Crippen molar-refractivity contribution in [3.63, 3.8) is 0 Å². The molecule has 0 N–H and O–H groups in total. The molecule has 0 aliphatic heterocycles.